The Kier molecular flexibility index (Phi) is 6.27. The molecule has 1 aliphatic carbocycles. The van der Waals surface area contributed by atoms with Crippen LogP contribution in [0.2, 0.25) is 0 Å². The third kappa shape index (κ3) is 4.35. The van der Waals surface area contributed by atoms with E-state index in [1.54, 1.807) is 4.90 Å². The minimum absolute atomic E-state index is 0.216. The predicted octanol–water partition coefficient (Wildman–Crippen LogP) is 4.69. The van der Waals surface area contributed by atoms with E-state index in [1.807, 2.05) is 22.9 Å². The van der Waals surface area contributed by atoms with Gasteiger partial charge >= 0.3 is 6.09 Å². The molecular weight excluding hydrogens is 516 g/mol. The number of nitrogens with zero attached hydrogens (tertiary/aromatic N) is 7. The fraction of sp³-hybridized carbons (Fsp3) is 0.323. The van der Waals surface area contributed by atoms with Crippen LogP contribution >= 0.6 is 0 Å². The quantitative estimate of drug-likeness (QED) is 0.344. The zero-order valence-corrected chi connectivity index (χ0v) is 23.2. The normalized spacial score (nSPS) is 19.4. The molecule has 7 rings (SSSR count). The van der Waals surface area contributed by atoms with Crippen LogP contribution < -0.4 is 5.73 Å². The third-order valence-electron chi connectivity index (χ3n) is 8.66. The van der Waals surface area contributed by atoms with E-state index in [-0.39, 0.29) is 12.1 Å². The fourth-order valence-electron chi connectivity index (χ4n) is 6.25. The van der Waals surface area contributed by atoms with Gasteiger partial charge in [0.05, 0.1) is 29.7 Å². The van der Waals surface area contributed by atoms with Gasteiger partial charge in [-0.15, -0.1) is 0 Å². The molecule has 3 aromatic heterocycles. The number of hydrogen-bond donors (Lipinski definition) is 1. The number of piperazine rings is 1. The third-order valence-corrected chi connectivity index (χ3v) is 8.66. The van der Waals surface area contributed by atoms with E-state index in [1.165, 1.54) is 13.4 Å². The summed E-state index contributed by atoms with van der Waals surface area (Å²) in [5.74, 6) is 0.427. The number of methoxy groups -OCH3 is 1. The van der Waals surface area contributed by atoms with Crippen molar-refractivity contribution >= 4 is 33.8 Å². The number of benzene rings is 2. The second kappa shape index (κ2) is 10.1. The van der Waals surface area contributed by atoms with Gasteiger partial charge in [-0.25, -0.2) is 24.4 Å². The van der Waals surface area contributed by atoms with E-state index in [0.717, 1.165) is 75.9 Å². The molecule has 208 valence electrons. The lowest BCUT2D eigenvalue weighted by molar-refractivity contribution is 0.0322. The van der Waals surface area contributed by atoms with E-state index in [0.29, 0.717) is 24.9 Å². The highest BCUT2D eigenvalue weighted by Crippen LogP contribution is 2.41. The molecule has 0 bridgehead atoms. The summed E-state index contributed by atoms with van der Waals surface area (Å²) in [4.78, 5) is 30.1. The summed E-state index contributed by atoms with van der Waals surface area (Å²) in [5.41, 5.74) is 13.0. The number of aryl methyl sites for hydroxylation is 1. The van der Waals surface area contributed by atoms with Crippen molar-refractivity contribution in [3.63, 3.8) is 0 Å². The van der Waals surface area contributed by atoms with Crippen LogP contribution in [0.15, 0.2) is 60.9 Å². The Bertz CT molecular complexity index is 1760. The number of hydrogen-bond acceptors (Lipinski definition) is 8. The second-order valence-electron chi connectivity index (χ2n) is 10.9. The molecule has 0 spiro atoms. The maximum atomic E-state index is 11.9. The van der Waals surface area contributed by atoms with Crippen LogP contribution in [0, 0.1) is 6.92 Å². The SMILES string of the molecule is COC(=O)N1CCN(C2CC(n3nc(-c4ccc5ccc(-c6ccccc6)nc5c4C)c4c(N)ncnc43)C2)CC1. The Labute approximate surface area is 237 Å². The smallest absolute Gasteiger partial charge is 0.409 e. The minimum Gasteiger partial charge on any atom is -0.453 e. The number of carbonyl (C=O) groups is 1. The zero-order valence-electron chi connectivity index (χ0n) is 23.2. The van der Waals surface area contributed by atoms with Gasteiger partial charge in [0.2, 0.25) is 0 Å². The van der Waals surface area contributed by atoms with Crippen molar-refractivity contribution in [3.8, 4) is 22.5 Å². The predicted molar refractivity (Wildman–Crippen MR) is 158 cm³/mol. The standard InChI is InChI=1S/C31H32N8O2/c1-19-24(10-8-21-9-11-25(35-27(19)21)20-6-4-3-5-7-20)28-26-29(32)33-18-34-30(26)39(36-28)23-16-22(17-23)37-12-14-38(15-13-37)31(40)41-2/h3-11,18,22-23H,12-17H2,1-2H3,(H2,32,33,34). The molecule has 0 atom stereocenters. The van der Waals surface area contributed by atoms with Crippen molar-refractivity contribution in [2.45, 2.75) is 31.8 Å². The topological polar surface area (TPSA) is 115 Å². The lowest BCUT2D eigenvalue weighted by Crippen LogP contribution is -2.55. The summed E-state index contributed by atoms with van der Waals surface area (Å²) < 4.78 is 6.92. The number of nitrogen functional groups attached to an aromatic ring is 1. The molecule has 0 radical (unpaired) electrons. The van der Waals surface area contributed by atoms with Crippen LogP contribution in [0.3, 0.4) is 0 Å². The first-order chi connectivity index (χ1) is 20.0. The lowest BCUT2D eigenvalue weighted by Gasteiger charge is -2.46. The van der Waals surface area contributed by atoms with Gasteiger partial charge in [0.1, 0.15) is 17.8 Å². The highest BCUT2D eigenvalue weighted by atomic mass is 16.5. The molecule has 0 unspecified atom stereocenters. The number of amides is 1. The maximum absolute atomic E-state index is 11.9. The highest BCUT2D eigenvalue weighted by molar-refractivity contribution is 6.01. The summed E-state index contributed by atoms with van der Waals surface area (Å²) in [6, 6.07) is 19.3. The van der Waals surface area contributed by atoms with Crippen molar-refractivity contribution in [1.82, 2.24) is 34.5 Å². The van der Waals surface area contributed by atoms with Crippen molar-refractivity contribution in [1.29, 1.82) is 0 Å². The van der Waals surface area contributed by atoms with Gasteiger partial charge in [-0.2, -0.15) is 5.10 Å². The molecule has 2 fully saturated rings. The Morgan fingerprint density at radius 2 is 1.71 bits per heavy atom. The van der Waals surface area contributed by atoms with Gasteiger partial charge in [0.15, 0.2) is 5.65 Å². The number of fused-ring (bicyclic) bond motifs is 2. The van der Waals surface area contributed by atoms with Crippen LogP contribution in [-0.4, -0.2) is 80.0 Å². The molecule has 2 aliphatic rings. The van der Waals surface area contributed by atoms with E-state index in [4.69, 9.17) is 20.6 Å². The Balaban J connectivity index is 1.20. The summed E-state index contributed by atoms with van der Waals surface area (Å²) >= 11 is 0. The average Bonchev–Trinajstić information content (AvgIpc) is 3.37. The molecule has 1 saturated carbocycles. The van der Waals surface area contributed by atoms with Gasteiger partial charge < -0.3 is 15.4 Å². The first kappa shape index (κ1) is 25.4. The molecule has 4 heterocycles. The van der Waals surface area contributed by atoms with Crippen molar-refractivity contribution < 1.29 is 9.53 Å². The van der Waals surface area contributed by atoms with Crippen LogP contribution in [0.1, 0.15) is 24.4 Å². The Hall–Kier alpha value is -4.57. The maximum Gasteiger partial charge on any atom is 0.409 e. The van der Waals surface area contributed by atoms with E-state index >= 15 is 0 Å². The Morgan fingerprint density at radius 1 is 0.951 bits per heavy atom. The van der Waals surface area contributed by atoms with Gasteiger partial charge in [-0.1, -0.05) is 48.5 Å². The summed E-state index contributed by atoms with van der Waals surface area (Å²) in [7, 11) is 1.43. The summed E-state index contributed by atoms with van der Waals surface area (Å²) in [5, 5.41) is 6.99. The van der Waals surface area contributed by atoms with Gasteiger partial charge in [0, 0.05) is 48.7 Å². The van der Waals surface area contributed by atoms with Crippen molar-refractivity contribution in [2.24, 2.45) is 0 Å². The number of anilines is 1. The molecule has 2 N–H and O–H groups in total. The molecule has 1 aliphatic heterocycles. The van der Waals surface area contributed by atoms with Crippen molar-refractivity contribution in [2.75, 3.05) is 39.0 Å². The number of nitrogens with two attached hydrogens (primary N) is 1. The largest absolute Gasteiger partial charge is 0.453 e. The van der Waals surface area contributed by atoms with Gasteiger partial charge in [0.25, 0.3) is 0 Å². The van der Waals surface area contributed by atoms with Crippen LogP contribution in [-0.2, 0) is 4.74 Å². The van der Waals surface area contributed by atoms with Crippen LogP contribution in [0.25, 0.3) is 44.5 Å². The number of pyridine rings is 1. The summed E-state index contributed by atoms with van der Waals surface area (Å²) in [6.07, 6.45) is 3.20. The molecule has 41 heavy (non-hydrogen) atoms. The number of ether oxygens (including phenoxy) is 1. The van der Waals surface area contributed by atoms with Gasteiger partial charge in [-0.3, -0.25) is 4.90 Å². The number of aromatic nitrogens is 5. The zero-order chi connectivity index (χ0) is 28.1. The van der Waals surface area contributed by atoms with E-state index < -0.39 is 0 Å². The lowest BCUT2D eigenvalue weighted by atomic mass is 9.85. The molecule has 1 amide bonds. The van der Waals surface area contributed by atoms with E-state index in [2.05, 4.69) is 58.2 Å². The van der Waals surface area contributed by atoms with Gasteiger partial charge in [-0.05, 0) is 31.4 Å². The monoisotopic (exact) mass is 548 g/mol. The molecular formula is C31H32N8O2. The minimum atomic E-state index is -0.251. The Morgan fingerprint density at radius 3 is 2.46 bits per heavy atom. The second-order valence-corrected chi connectivity index (χ2v) is 10.9. The fourth-order valence-corrected chi connectivity index (χ4v) is 6.25. The van der Waals surface area contributed by atoms with Crippen LogP contribution in [0.4, 0.5) is 10.6 Å². The first-order valence-corrected chi connectivity index (χ1v) is 14.0. The van der Waals surface area contributed by atoms with Crippen molar-refractivity contribution in [3.05, 3.63) is 66.5 Å². The number of carbonyl (C=O) groups excluding carboxylic acids is 1. The molecule has 2 aromatic carbocycles. The first-order valence-electron chi connectivity index (χ1n) is 14.0. The molecule has 10 nitrogen and oxygen atoms in total. The molecule has 10 heteroatoms. The molecule has 5 aromatic rings. The number of rotatable bonds is 4. The summed E-state index contributed by atoms with van der Waals surface area (Å²) in [6.45, 7) is 5.17. The molecule has 1 saturated heterocycles. The highest BCUT2D eigenvalue weighted by Gasteiger charge is 2.38. The average molecular weight is 549 g/mol. The van der Waals surface area contributed by atoms with E-state index in [9.17, 15) is 4.79 Å². The van der Waals surface area contributed by atoms with Crippen LogP contribution in [0.5, 0.6) is 0 Å².